The predicted octanol–water partition coefficient (Wildman–Crippen LogP) is 4.60. The van der Waals surface area contributed by atoms with E-state index in [1.54, 1.807) is 11.5 Å². The van der Waals surface area contributed by atoms with Gasteiger partial charge in [0.15, 0.2) is 4.77 Å². The number of aromatic hydroxyl groups is 1. The molecular formula is C21H35N3O3S. The van der Waals surface area contributed by atoms with Gasteiger partial charge in [-0.2, -0.15) is 0 Å². The molecule has 1 aromatic heterocycles. The summed E-state index contributed by atoms with van der Waals surface area (Å²) >= 11 is 5.25. The summed E-state index contributed by atoms with van der Waals surface area (Å²) in [4.78, 5) is 19.5. The number of aromatic nitrogens is 2. The van der Waals surface area contributed by atoms with Crippen LogP contribution in [0.15, 0.2) is 9.79 Å². The van der Waals surface area contributed by atoms with Gasteiger partial charge in [0.25, 0.3) is 5.56 Å². The molecule has 1 fully saturated rings. The van der Waals surface area contributed by atoms with E-state index >= 15 is 0 Å². The van der Waals surface area contributed by atoms with E-state index < -0.39 is 0 Å². The molecular weight excluding hydrogens is 374 g/mol. The van der Waals surface area contributed by atoms with Crippen molar-refractivity contribution in [2.45, 2.75) is 78.2 Å². The number of aromatic amines is 1. The van der Waals surface area contributed by atoms with Gasteiger partial charge in [0.1, 0.15) is 5.56 Å². The molecule has 0 atom stereocenters. The van der Waals surface area contributed by atoms with E-state index in [9.17, 15) is 9.90 Å². The minimum Gasteiger partial charge on any atom is -0.494 e. The van der Waals surface area contributed by atoms with Crippen molar-refractivity contribution in [3.63, 3.8) is 0 Å². The van der Waals surface area contributed by atoms with Crippen molar-refractivity contribution in [1.29, 1.82) is 0 Å². The van der Waals surface area contributed by atoms with Crippen LogP contribution in [0.25, 0.3) is 0 Å². The van der Waals surface area contributed by atoms with Crippen molar-refractivity contribution >= 4 is 17.9 Å². The van der Waals surface area contributed by atoms with Crippen LogP contribution in [0.3, 0.4) is 0 Å². The number of rotatable bonds is 14. The first-order valence-electron chi connectivity index (χ1n) is 10.7. The van der Waals surface area contributed by atoms with Gasteiger partial charge in [0, 0.05) is 32.0 Å². The number of nitrogens with one attached hydrogen (secondary N) is 1. The summed E-state index contributed by atoms with van der Waals surface area (Å²) < 4.78 is 7.48. The molecule has 0 unspecified atom stereocenters. The Morgan fingerprint density at radius 2 is 1.96 bits per heavy atom. The molecule has 0 amide bonds. The number of nitrogens with zero attached hydrogens (tertiary/aromatic N) is 2. The fourth-order valence-corrected chi connectivity index (χ4v) is 3.44. The Morgan fingerprint density at radius 1 is 1.25 bits per heavy atom. The molecule has 158 valence electrons. The average Bonchev–Trinajstić information content (AvgIpc) is 3.47. The maximum Gasteiger partial charge on any atom is 0.264 e. The molecule has 1 saturated carbocycles. The highest BCUT2D eigenvalue weighted by atomic mass is 32.1. The highest BCUT2D eigenvalue weighted by Crippen LogP contribution is 2.28. The lowest BCUT2D eigenvalue weighted by Crippen LogP contribution is -2.22. The van der Waals surface area contributed by atoms with Crippen LogP contribution in [0.4, 0.5) is 0 Å². The normalized spacial score (nSPS) is 14.6. The smallest absolute Gasteiger partial charge is 0.264 e. The molecule has 2 N–H and O–H groups in total. The summed E-state index contributed by atoms with van der Waals surface area (Å²) in [7, 11) is 0. The number of hydrogen-bond donors (Lipinski definition) is 2. The van der Waals surface area contributed by atoms with E-state index in [4.69, 9.17) is 17.0 Å². The Hall–Kier alpha value is -1.47. The van der Waals surface area contributed by atoms with Crippen molar-refractivity contribution in [2.24, 2.45) is 10.9 Å². The quantitative estimate of drug-likeness (QED) is 0.267. The lowest BCUT2D eigenvalue weighted by atomic mass is 10.1. The monoisotopic (exact) mass is 409 g/mol. The zero-order valence-electron chi connectivity index (χ0n) is 17.3. The maximum atomic E-state index is 12.3. The zero-order valence-corrected chi connectivity index (χ0v) is 18.2. The molecule has 6 nitrogen and oxygen atoms in total. The Labute approximate surface area is 173 Å². The van der Waals surface area contributed by atoms with Crippen LogP contribution in [0.1, 0.15) is 77.2 Å². The van der Waals surface area contributed by atoms with Gasteiger partial charge in [0.2, 0.25) is 5.88 Å². The molecule has 28 heavy (non-hydrogen) atoms. The molecule has 0 spiro atoms. The van der Waals surface area contributed by atoms with Crippen molar-refractivity contribution in [2.75, 3.05) is 19.8 Å². The number of aliphatic imine (C=N–C) groups is 1. The molecule has 1 aromatic rings. The van der Waals surface area contributed by atoms with Gasteiger partial charge in [-0.3, -0.25) is 19.3 Å². The van der Waals surface area contributed by atoms with E-state index in [2.05, 4.69) is 16.9 Å². The molecule has 1 aliphatic rings. The van der Waals surface area contributed by atoms with E-state index in [0.29, 0.717) is 25.4 Å². The predicted molar refractivity (Wildman–Crippen MR) is 116 cm³/mol. The Balaban J connectivity index is 1.91. The summed E-state index contributed by atoms with van der Waals surface area (Å²) in [5.74, 6) is 0.688. The lowest BCUT2D eigenvalue weighted by Gasteiger charge is -2.13. The third kappa shape index (κ3) is 7.51. The van der Waals surface area contributed by atoms with Crippen LogP contribution in [0.5, 0.6) is 5.88 Å². The highest BCUT2D eigenvalue weighted by Gasteiger charge is 2.20. The fourth-order valence-electron chi connectivity index (χ4n) is 3.17. The summed E-state index contributed by atoms with van der Waals surface area (Å²) in [6.45, 7) is 6.66. The second-order valence-corrected chi connectivity index (χ2v) is 8.10. The van der Waals surface area contributed by atoms with E-state index in [1.807, 2.05) is 0 Å². The third-order valence-corrected chi connectivity index (χ3v) is 5.44. The van der Waals surface area contributed by atoms with Crippen molar-refractivity contribution in [3.8, 4) is 5.88 Å². The molecule has 0 radical (unpaired) electrons. The van der Waals surface area contributed by atoms with Crippen LogP contribution in [0.2, 0.25) is 0 Å². The summed E-state index contributed by atoms with van der Waals surface area (Å²) in [5, 5.41) is 10.6. The first-order valence-corrected chi connectivity index (χ1v) is 11.1. The number of hydrogen-bond acceptors (Lipinski definition) is 5. The summed E-state index contributed by atoms with van der Waals surface area (Å²) in [5.41, 5.74) is 0.374. The molecule has 7 heteroatoms. The third-order valence-electron chi connectivity index (χ3n) is 5.12. The summed E-state index contributed by atoms with van der Waals surface area (Å²) in [6, 6.07) is 0. The number of H-pyrrole nitrogens is 1. The largest absolute Gasteiger partial charge is 0.494 e. The van der Waals surface area contributed by atoms with E-state index in [0.717, 1.165) is 31.8 Å². The van der Waals surface area contributed by atoms with Gasteiger partial charge in [-0.25, -0.2) is 0 Å². The SMILES string of the molecule is CCCCCCCCn1c(O)c(C(C)=NCCCOCC2CC2)c(=O)[nH]c1=S. The maximum absolute atomic E-state index is 12.3. The van der Waals surface area contributed by atoms with Crippen LogP contribution >= 0.6 is 12.2 Å². The average molecular weight is 410 g/mol. The van der Waals surface area contributed by atoms with Gasteiger partial charge in [0.05, 0.1) is 0 Å². The molecule has 1 heterocycles. The molecule has 2 rings (SSSR count). The zero-order chi connectivity index (χ0) is 20.4. The molecule has 0 aliphatic heterocycles. The second kappa shape index (κ2) is 12.2. The Morgan fingerprint density at radius 3 is 2.68 bits per heavy atom. The minimum atomic E-state index is -0.382. The molecule has 0 saturated heterocycles. The van der Waals surface area contributed by atoms with Crippen LogP contribution in [0, 0.1) is 10.7 Å². The van der Waals surface area contributed by atoms with E-state index in [-0.39, 0.29) is 21.8 Å². The molecule has 0 aromatic carbocycles. The van der Waals surface area contributed by atoms with Gasteiger partial charge in [-0.05, 0) is 50.7 Å². The van der Waals surface area contributed by atoms with Crippen molar-refractivity contribution in [3.05, 3.63) is 20.7 Å². The van der Waals surface area contributed by atoms with Crippen LogP contribution in [-0.4, -0.2) is 40.1 Å². The highest BCUT2D eigenvalue weighted by molar-refractivity contribution is 7.71. The minimum absolute atomic E-state index is 0.0754. The lowest BCUT2D eigenvalue weighted by molar-refractivity contribution is 0.123. The topological polar surface area (TPSA) is 79.6 Å². The van der Waals surface area contributed by atoms with Gasteiger partial charge >= 0.3 is 0 Å². The van der Waals surface area contributed by atoms with E-state index in [1.165, 1.54) is 38.5 Å². The molecule has 0 bridgehead atoms. The van der Waals surface area contributed by atoms with Crippen molar-refractivity contribution in [1.82, 2.24) is 9.55 Å². The first kappa shape index (κ1) is 22.8. The second-order valence-electron chi connectivity index (χ2n) is 7.72. The number of ether oxygens (including phenoxy) is 1. The first-order chi connectivity index (χ1) is 13.5. The van der Waals surface area contributed by atoms with Crippen molar-refractivity contribution < 1.29 is 9.84 Å². The Kier molecular flexibility index (Phi) is 9.92. The summed E-state index contributed by atoms with van der Waals surface area (Å²) in [6.07, 6.45) is 10.3. The number of unbranched alkanes of at least 4 members (excludes halogenated alkanes) is 5. The fraction of sp³-hybridized carbons (Fsp3) is 0.762. The molecule has 1 aliphatic carbocycles. The van der Waals surface area contributed by atoms with Gasteiger partial charge in [-0.1, -0.05) is 39.0 Å². The van der Waals surface area contributed by atoms with Crippen LogP contribution < -0.4 is 5.56 Å². The van der Waals surface area contributed by atoms with Crippen LogP contribution in [-0.2, 0) is 11.3 Å². The Bertz CT molecular complexity index is 750. The standard InChI is InChI=1S/C21H35N3O3S/c1-3-4-5-6-7-8-13-24-20(26)18(19(25)23-21(24)28)16(2)22-12-9-14-27-15-17-10-11-17/h17,26H,3-15H2,1-2H3,(H,23,25,28). The van der Waals surface area contributed by atoms with Gasteiger partial charge < -0.3 is 9.84 Å². The van der Waals surface area contributed by atoms with Gasteiger partial charge in [-0.15, -0.1) is 0 Å².